The summed E-state index contributed by atoms with van der Waals surface area (Å²) in [5.41, 5.74) is 4.33. The molecule has 2 aliphatic heterocycles. The molecule has 0 saturated carbocycles. The van der Waals surface area contributed by atoms with E-state index >= 15 is 0 Å². The van der Waals surface area contributed by atoms with Crippen LogP contribution in [0.25, 0.3) is 11.1 Å². The van der Waals surface area contributed by atoms with Crippen LogP contribution in [-0.4, -0.2) is 58.5 Å². The van der Waals surface area contributed by atoms with Crippen molar-refractivity contribution < 1.29 is 18.7 Å². The maximum atomic E-state index is 13.5. The fourth-order valence-corrected chi connectivity index (χ4v) is 5.56. The quantitative estimate of drug-likeness (QED) is 0.288. The number of benzene rings is 2. The third-order valence-electron chi connectivity index (χ3n) is 7.46. The first-order valence-corrected chi connectivity index (χ1v) is 13.3. The highest BCUT2D eigenvalue weighted by Gasteiger charge is 2.34. The van der Waals surface area contributed by atoms with E-state index in [1.54, 1.807) is 12.1 Å². The van der Waals surface area contributed by atoms with E-state index in [1.165, 1.54) is 12.4 Å². The Bertz CT molecular complexity index is 1570. The van der Waals surface area contributed by atoms with E-state index in [1.807, 2.05) is 65.8 Å². The second-order valence-electron chi connectivity index (χ2n) is 9.93. The Kier molecular flexibility index (Phi) is 6.67. The third kappa shape index (κ3) is 4.66. The maximum Gasteiger partial charge on any atom is 0.298 e. The van der Waals surface area contributed by atoms with Crippen LogP contribution in [0.5, 0.6) is 5.75 Å². The molecule has 10 heteroatoms. The molecule has 4 aromatic rings. The summed E-state index contributed by atoms with van der Waals surface area (Å²) in [4.78, 5) is 39.2. The van der Waals surface area contributed by atoms with Crippen molar-refractivity contribution in [2.24, 2.45) is 0 Å². The minimum Gasteiger partial charge on any atom is -0.489 e. The highest BCUT2D eigenvalue weighted by atomic mass is 19.1. The predicted octanol–water partition coefficient (Wildman–Crippen LogP) is 4.32. The third-order valence-corrected chi connectivity index (χ3v) is 7.46. The van der Waals surface area contributed by atoms with Gasteiger partial charge >= 0.3 is 0 Å². The first-order chi connectivity index (χ1) is 19.4. The lowest BCUT2D eigenvalue weighted by Crippen LogP contribution is -2.57. The van der Waals surface area contributed by atoms with E-state index in [9.17, 15) is 14.0 Å². The Balaban J connectivity index is 1.19. The van der Waals surface area contributed by atoms with E-state index in [2.05, 4.69) is 20.2 Å². The first-order valence-electron chi connectivity index (χ1n) is 13.3. The lowest BCUT2D eigenvalue weighted by molar-refractivity contribution is -0.112. The summed E-state index contributed by atoms with van der Waals surface area (Å²) in [6, 6.07) is 17.1. The number of anilines is 3. The molecule has 0 aliphatic carbocycles. The second-order valence-corrected chi connectivity index (χ2v) is 9.93. The molecule has 40 heavy (non-hydrogen) atoms. The van der Waals surface area contributed by atoms with Gasteiger partial charge < -0.3 is 24.4 Å². The number of carbonyl (C=O) groups excluding carboxylic acids is 2. The van der Waals surface area contributed by atoms with Crippen molar-refractivity contribution in [3.8, 4) is 16.9 Å². The number of aryl methyl sites for hydroxylation is 1. The molecule has 1 atom stereocenters. The predicted molar refractivity (Wildman–Crippen MR) is 151 cm³/mol. The zero-order valence-corrected chi connectivity index (χ0v) is 22.3. The van der Waals surface area contributed by atoms with Crippen molar-refractivity contribution in [1.82, 2.24) is 14.5 Å². The van der Waals surface area contributed by atoms with Gasteiger partial charge in [-0.3, -0.25) is 9.59 Å². The average Bonchev–Trinajstić information content (AvgIpc) is 3.33. The van der Waals surface area contributed by atoms with Crippen LogP contribution in [0.2, 0.25) is 0 Å². The summed E-state index contributed by atoms with van der Waals surface area (Å²) in [6.07, 6.45) is 2.34. The Hall–Kier alpha value is -4.73. The van der Waals surface area contributed by atoms with Gasteiger partial charge in [-0.2, -0.15) is 0 Å². The summed E-state index contributed by atoms with van der Waals surface area (Å²) >= 11 is 0. The molecule has 1 saturated heterocycles. The van der Waals surface area contributed by atoms with Crippen molar-refractivity contribution in [3.05, 3.63) is 84.2 Å². The number of ketones is 1. The SMILES string of the molecule is CCn1c(C)cc(-c2ccccc2)c1C(=O)C(=O)Nc1ccc2c(c1)OC[C@H]1CN(c3ncc(F)cn3)CCN21. The standard InChI is InChI=1S/C30H29FN6O3/c1-3-36-19(2)13-24(20-7-5-4-6-8-20)27(36)28(38)29(39)34-22-9-10-25-26(14-22)40-18-23-17-35(11-12-37(23)25)30-32-15-21(31)16-33-30/h4-10,13-16,23H,3,11-12,17-18H2,1-2H3,(H,34,39)/t23-/m1/s1. The van der Waals surface area contributed by atoms with Gasteiger partial charge in [-0.15, -0.1) is 0 Å². The van der Waals surface area contributed by atoms with Crippen molar-refractivity contribution in [1.29, 1.82) is 0 Å². The smallest absolute Gasteiger partial charge is 0.298 e. The van der Waals surface area contributed by atoms with Crippen molar-refractivity contribution in [2.45, 2.75) is 26.4 Å². The molecule has 2 aromatic carbocycles. The zero-order chi connectivity index (χ0) is 27.8. The van der Waals surface area contributed by atoms with E-state index in [0.717, 1.165) is 22.5 Å². The number of hydrogen-bond acceptors (Lipinski definition) is 7. The average molecular weight is 541 g/mol. The molecule has 0 radical (unpaired) electrons. The number of amides is 1. The van der Waals surface area contributed by atoms with E-state index in [4.69, 9.17) is 4.74 Å². The van der Waals surface area contributed by atoms with Crippen molar-refractivity contribution in [2.75, 3.05) is 41.4 Å². The van der Waals surface area contributed by atoms with E-state index < -0.39 is 17.5 Å². The fourth-order valence-electron chi connectivity index (χ4n) is 5.56. The lowest BCUT2D eigenvalue weighted by Gasteiger charge is -2.45. The molecule has 2 aliphatic rings. The van der Waals surface area contributed by atoms with Crippen molar-refractivity contribution in [3.63, 3.8) is 0 Å². The fraction of sp³-hybridized carbons (Fsp3) is 0.267. The molecule has 1 amide bonds. The normalized spacial score (nSPS) is 16.1. The summed E-state index contributed by atoms with van der Waals surface area (Å²) in [5, 5.41) is 2.78. The molecule has 0 unspecified atom stereocenters. The number of rotatable bonds is 6. The van der Waals surface area contributed by atoms with Gasteiger partial charge in [-0.05, 0) is 37.6 Å². The Labute approximate surface area is 231 Å². The summed E-state index contributed by atoms with van der Waals surface area (Å²) < 4.78 is 21.2. The molecule has 4 heterocycles. The van der Waals surface area contributed by atoms with Crippen LogP contribution in [0.15, 0.2) is 67.0 Å². The van der Waals surface area contributed by atoms with Crippen LogP contribution in [0.4, 0.5) is 21.7 Å². The maximum absolute atomic E-state index is 13.5. The highest BCUT2D eigenvalue weighted by molar-refractivity contribution is 6.47. The monoisotopic (exact) mass is 540 g/mol. The van der Waals surface area contributed by atoms with Gasteiger partial charge in [0.25, 0.3) is 11.7 Å². The lowest BCUT2D eigenvalue weighted by atomic mass is 10.0. The van der Waals surface area contributed by atoms with Gasteiger partial charge in [0.15, 0.2) is 5.82 Å². The molecule has 2 aromatic heterocycles. The molecular formula is C30H29FN6O3. The molecule has 6 rings (SSSR count). The number of nitrogens with one attached hydrogen (secondary N) is 1. The number of carbonyl (C=O) groups is 2. The number of ether oxygens (including phenoxy) is 1. The summed E-state index contributed by atoms with van der Waals surface area (Å²) in [7, 11) is 0. The molecule has 1 N–H and O–H groups in total. The van der Waals surface area contributed by atoms with E-state index in [-0.39, 0.29) is 6.04 Å². The number of hydrogen-bond donors (Lipinski definition) is 1. The number of piperazine rings is 1. The zero-order valence-electron chi connectivity index (χ0n) is 22.3. The number of fused-ring (bicyclic) bond motifs is 3. The van der Waals surface area contributed by atoms with Gasteiger partial charge in [0.2, 0.25) is 5.95 Å². The summed E-state index contributed by atoms with van der Waals surface area (Å²) in [5.74, 6) is -0.619. The Morgan fingerprint density at radius 1 is 1.07 bits per heavy atom. The van der Waals surface area contributed by atoms with Crippen LogP contribution in [0.3, 0.4) is 0 Å². The molecule has 204 valence electrons. The Morgan fingerprint density at radius 2 is 1.85 bits per heavy atom. The molecule has 9 nitrogen and oxygen atoms in total. The molecule has 1 fully saturated rings. The molecular weight excluding hydrogens is 511 g/mol. The number of Topliss-reactive ketones (excluding diaryl/α,β-unsaturated/α-hetero) is 1. The second kappa shape index (κ2) is 10.4. The largest absolute Gasteiger partial charge is 0.489 e. The van der Waals surface area contributed by atoms with Gasteiger partial charge in [0.05, 0.1) is 24.1 Å². The first kappa shape index (κ1) is 25.5. The number of halogens is 1. The van der Waals surface area contributed by atoms with Gasteiger partial charge in [0, 0.05) is 49.2 Å². The van der Waals surface area contributed by atoms with Crippen LogP contribution in [0, 0.1) is 12.7 Å². The van der Waals surface area contributed by atoms with Crippen LogP contribution < -0.4 is 19.9 Å². The van der Waals surface area contributed by atoms with Gasteiger partial charge in [-0.1, -0.05) is 30.3 Å². The van der Waals surface area contributed by atoms with Crippen LogP contribution >= 0.6 is 0 Å². The minimum atomic E-state index is -0.702. The topological polar surface area (TPSA) is 92.6 Å². The molecule has 0 spiro atoms. The number of nitrogens with zero attached hydrogens (tertiary/aromatic N) is 5. The van der Waals surface area contributed by atoms with Crippen LogP contribution in [-0.2, 0) is 11.3 Å². The van der Waals surface area contributed by atoms with E-state index in [0.29, 0.717) is 55.9 Å². The van der Waals surface area contributed by atoms with Gasteiger partial charge in [-0.25, -0.2) is 14.4 Å². The van der Waals surface area contributed by atoms with Crippen molar-refractivity contribution >= 4 is 29.0 Å². The van der Waals surface area contributed by atoms with Gasteiger partial charge in [0.1, 0.15) is 18.1 Å². The summed E-state index contributed by atoms with van der Waals surface area (Å²) in [6.45, 7) is 6.92. The molecule has 0 bridgehead atoms. The van der Waals surface area contributed by atoms with Crippen LogP contribution in [0.1, 0.15) is 23.1 Å². The minimum absolute atomic E-state index is 0.0680. The highest BCUT2D eigenvalue weighted by Crippen LogP contribution is 2.38. The Morgan fingerprint density at radius 3 is 2.60 bits per heavy atom. The number of aromatic nitrogens is 3.